The van der Waals surface area contributed by atoms with Crippen molar-refractivity contribution in [1.82, 2.24) is 4.90 Å². The summed E-state index contributed by atoms with van der Waals surface area (Å²) in [6.45, 7) is 3.44. The molecule has 1 aromatic carbocycles. The van der Waals surface area contributed by atoms with Crippen LogP contribution < -0.4 is 0 Å². The maximum atomic E-state index is 12.2. The first-order valence-electron chi connectivity index (χ1n) is 6.09. The summed E-state index contributed by atoms with van der Waals surface area (Å²) >= 11 is 0. The number of carbonyl (C=O) groups excluding carboxylic acids is 3. The van der Waals surface area contributed by atoms with Gasteiger partial charge in [-0.25, -0.2) is 0 Å². The maximum Gasteiger partial charge on any atom is 0.262 e. The molecule has 0 bridgehead atoms. The topological polar surface area (TPSA) is 74.7 Å². The molecule has 1 heterocycles. The van der Waals surface area contributed by atoms with E-state index in [9.17, 15) is 19.5 Å². The molecular weight excluding hydrogens is 246 g/mol. The van der Waals surface area contributed by atoms with Gasteiger partial charge in [0.15, 0.2) is 0 Å². The van der Waals surface area contributed by atoms with Gasteiger partial charge in [-0.3, -0.25) is 14.5 Å². The first-order valence-corrected chi connectivity index (χ1v) is 6.09. The molecule has 0 saturated heterocycles. The lowest BCUT2D eigenvalue weighted by molar-refractivity contribution is -0.115. The third kappa shape index (κ3) is 2.06. The summed E-state index contributed by atoms with van der Waals surface area (Å²) in [5.41, 5.74) is 0.547. The van der Waals surface area contributed by atoms with Crippen molar-refractivity contribution in [2.24, 2.45) is 5.92 Å². The second-order valence-corrected chi connectivity index (χ2v) is 4.89. The quantitative estimate of drug-likeness (QED) is 0.644. The fourth-order valence-electron chi connectivity index (χ4n) is 2.17. The third-order valence-electron chi connectivity index (χ3n) is 3.30. The molecule has 0 aromatic heterocycles. The van der Waals surface area contributed by atoms with Crippen molar-refractivity contribution in [3.8, 4) is 0 Å². The van der Waals surface area contributed by atoms with Gasteiger partial charge in [0.2, 0.25) is 0 Å². The standard InChI is InChI=1S/C14H15NO4/c1-8(2)12(17)11(7-16)15-13(18)9-5-3-4-6-10(9)14(15)19/h3-8,11-12,17H,1-2H3/t11-,12+/m1/s1. The summed E-state index contributed by atoms with van der Waals surface area (Å²) < 4.78 is 0. The molecular formula is C14H15NO4. The molecule has 2 atom stereocenters. The Morgan fingerprint density at radius 2 is 1.58 bits per heavy atom. The number of aliphatic hydroxyl groups excluding tert-OH is 1. The highest BCUT2D eigenvalue weighted by molar-refractivity contribution is 6.22. The Morgan fingerprint density at radius 3 is 1.95 bits per heavy atom. The lowest BCUT2D eigenvalue weighted by Gasteiger charge is -2.27. The summed E-state index contributed by atoms with van der Waals surface area (Å²) in [6.07, 6.45) is -0.619. The normalized spacial score (nSPS) is 17.6. The summed E-state index contributed by atoms with van der Waals surface area (Å²) in [7, 11) is 0. The number of carbonyl (C=O) groups is 3. The molecule has 1 aromatic rings. The molecule has 2 amide bonds. The lowest BCUT2D eigenvalue weighted by atomic mass is 9.99. The third-order valence-corrected chi connectivity index (χ3v) is 3.30. The van der Waals surface area contributed by atoms with Gasteiger partial charge in [0.25, 0.3) is 11.8 Å². The molecule has 0 fully saturated rings. The Morgan fingerprint density at radius 1 is 1.11 bits per heavy atom. The van der Waals surface area contributed by atoms with Crippen LogP contribution >= 0.6 is 0 Å². The van der Waals surface area contributed by atoms with E-state index in [4.69, 9.17) is 0 Å². The molecule has 1 aliphatic rings. The van der Waals surface area contributed by atoms with E-state index < -0.39 is 24.0 Å². The van der Waals surface area contributed by atoms with E-state index in [1.54, 1.807) is 38.1 Å². The van der Waals surface area contributed by atoms with Crippen molar-refractivity contribution in [3.63, 3.8) is 0 Å². The zero-order valence-corrected chi connectivity index (χ0v) is 10.7. The fraction of sp³-hybridized carbons (Fsp3) is 0.357. The van der Waals surface area contributed by atoms with E-state index in [0.717, 1.165) is 4.90 Å². The van der Waals surface area contributed by atoms with E-state index in [1.807, 2.05) is 0 Å². The molecule has 2 rings (SSSR count). The molecule has 100 valence electrons. The van der Waals surface area contributed by atoms with Crippen LogP contribution in [0.1, 0.15) is 34.6 Å². The molecule has 5 heteroatoms. The molecule has 0 spiro atoms. The predicted octanol–water partition coefficient (Wildman–Crippen LogP) is 0.867. The monoisotopic (exact) mass is 261 g/mol. The number of imide groups is 1. The van der Waals surface area contributed by atoms with Crippen LogP contribution in [0, 0.1) is 5.92 Å². The number of aliphatic hydroxyl groups is 1. The van der Waals surface area contributed by atoms with Gasteiger partial charge in [-0.15, -0.1) is 0 Å². The summed E-state index contributed by atoms with van der Waals surface area (Å²) in [5, 5.41) is 9.98. The highest BCUT2D eigenvalue weighted by atomic mass is 16.3. The molecule has 19 heavy (non-hydrogen) atoms. The van der Waals surface area contributed by atoms with Gasteiger partial charge >= 0.3 is 0 Å². The maximum absolute atomic E-state index is 12.2. The van der Waals surface area contributed by atoms with Gasteiger partial charge in [0.1, 0.15) is 12.3 Å². The number of aldehydes is 1. The minimum Gasteiger partial charge on any atom is -0.390 e. The molecule has 0 aliphatic carbocycles. The number of amides is 2. The number of hydrogen-bond acceptors (Lipinski definition) is 4. The SMILES string of the molecule is CC(C)[C@H](O)[C@@H](C=O)N1C(=O)c2ccccc2C1=O. The van der Waals surface area contributed by atoms with Crippen LogP contribution in [-0.2, 0) is 4.79 Å². The van der Waals surface area contributed by atoms with Gasteiger partial charge in [0.05, 0.1) is 17.2 Å². The lowest BCUT2D eigenvalue weighted by Crippen LogP contribution is -2.49. The molecule has 0 radical (unpaired) electrons. The molecule has 0 unspecified atom stereocenters. The van der Waals surface area contributed by atoms with E-state index in [0.29, 0.717) is 6.29 Å². The number of rotatable bonds is 4. The zero-order chi connectivity index (χ0) is 14.2. The van der Waals surface area contributed by atoms with Crippen molar-refractivity contribution < 1.29 is 19.5 Å². The minimum atomic E-state index is -1.15. The largest absolute Gasteiger partial charge is 0.390 e. The Hall–Kier alpha value is -2.01. The fourth-order valence-corrected chi connectivity index (χ4v) is 2.17. The highest BCUT2D eigenvalue weighted by Crippen LogP contribution is 2.26. The number of benzene rings is 1. The summed E-state index contributed by atoms with van der Waals surface area (Å²) in [6, 6.07) is 5.25. The zero-order valence-electron chi connectivity index (χ0n) is 10.7. The first-order chi connectivity index (χ1) is 8.99. The number of fused-ring (bicyclic) bond motifs is 1. The van der Waals surface area contributed by atoms with E-state index in [2.05, 4.69) is 0 Å². The average Bonchev–Trinajstić information content (AvgIpc) is 2.65. The van der Waals surface area contributed by atoms with E-state index >= 15 is 0 Å². The van der Waals surface area contributed by atoms with Crippen LogP contribution in [0.2, 0.25) is 0 Å². The van der Waals surface area contributed by atoms with Crippen molar-refractivity contribution in [1.29, 1.82) is 0 Å². The van der Waals surface area contributed by atoms with Gasteiger partial charge in [0, 0.05) is 0 Å². The average molecular weight is 261 g/mol. The van der Waals surface area contributed by atoms with Crippen molar-refractivity contribution in [3.05, 3.63) is 35.4 Å². The van der Waals surface area contributed by atoms with Crippen molar-refractivity contribution in [2.45, 2.75) is 26.0 Å². The smallest absolute Gasteiger partial charge is 0.262 e. The van der Waals surface area contributed by atoms with Crippen LogP contribution in [0.15, 0.2) is 24.3 Å². The van der Waals surface area contributed by atoms with Crippen LogP contribution in [-0.4, -0.2) is 40.3 Å². The molecule has 1 N–H and O–H groups in total. The molecule has 5 nitrogen and oxygen atoms in total. The van der Waals surface area contributed by atoms with Crippen LogP contribution in [0.25, 0.3) is 0 Å². The number of nitrogens with zero attached hydrogens (tertiary/aromatic N) is 1. The van der Waals surface area contributed by atoms with Crippen LogP contribution in [0.3, 0.4) is 0 Å². The Kier molecular flexibility index (Phi) is 3.48. The van der Waals surface area contributed by atoms with E-state index in [-0.39, 0.29) is 17.0 Å². The first kappa shape index (κ1) is 13.4. The highest BCUT2D eigenvalue weighted by Gasteiger charge is 2.42. The van der Waals surface area contributed by atoms with Crippen molar-refractivity contribution >= 4 is 18.1 Å². The summed E-state index contributed by atoms with van der Waals surface area (Å²) in [5.74, 6) is -1.30. The minimum absolute atomic E-state index is 0.237. The van der Waals surface area contributed by atoms with E-state index in [1.165, 1.54) is 0 Å². The van der Waals surface area contributed by atoms with Gasteiger partial charge in [-0.2, -0.15) is 0 Å². The molecule has 0 saturated carbocycles. The second-order valence-electron chi connectivity index (χ2n) is 4.89. The summed E-state index contributed by atoms with van der Waals surface area (Å²) in [4.78, 5) is 36.4. The Bertz CT molecular complexity index is 503. The molecule has 1 aliphatic heterocycles. The predicted molar refractivity (Wildman–Crippen MR) is 67.6 cm³/mol. The Balaban J connectivity index is 2.40. The van der Waals surface area contributed by atoms with Crippen molar-refractivity contribution in [2.75, 3.05) is 0 Å². The van der Waals surface area contributed by atoms with Crippen LogP contribution in [0.5, 0.6) is 0 Å². The van der Waals surface area contributed by atoms with Crippen LogP contribution in [0.4, 0.5) is 0 Å². The number of hydrogen-bond donors (Lipinski definition) is 1. The van der Waals surface area contributed by atoms with Gasteiger partial charge in [-0.05, 0) is 18.1 Å². The second kappa shape index (κ2) is 4.93. The Labute approximate surface area is 110 Å². The van der Waals surface area contributed by atoms with Gasteiger partial charge < -0.3 is 9.90 Å². The van der Waals surface area contributed by atoms with Gasteiger partial charge in [-0.1, -0.05) is 26.0 Å².